The van der Waals surface area contributed by atoms with Gasteiger partial charge in [0.2, 0.25) is 5.75 Å². The average Bonchev–Trinajstić information content (AvgIpc) is 3.53. The Morgan fingerprint density at radius 1 is 0.509 bits per heavy atom. The molecule has 324 valence electrons. The molecule has 57 heavy (non-hydrogen) atoms. The van der Waals surface area contributed by atoms with Crippen LogP contribution in [-0.2, 0) is 6.54 Å². The van der Waals surface area contributed by atoms with Gasteiger partial charge < -0.3 is 19.2 Å². The Morgan fingerprint density at radius 2 is 0.877 bits per heavy atom. The molecule has 0 aliphatic carbocycles. The zero-order valence-electron chi connectivity index (χ0n) is 36.9. The summed E-state index contributed by atoms with van der Waals surface area (Å²) < 4.78 is 22.5. The van der Waals surface area contributed by atoms with Crippen molar-refractivity contribution < 1.29 is 14.2 Å². The van der Waals surface area contributed by atoms with Crippen LogP contribution in [0.1, 0.15) is 219 Å². The van der Waals surface area contributed by atoms with Crippen LogP contribution in [0.5, 0.6) is 17.2 Å². The summed E-state index contributed by atoms with van der Waals surface area (Å²) in [5.74, 6) is 2.20. The number of imidazole rings is 1. The Labute approximate surface area is 357 Å². The summed E-state index contributed by atoms with van der Waals surface area (Å²) in [6.07, 6.45) is 38.7. The molecule has 0 spiro atoms. The van der Waals surface area contributed by atoms with Crippen LogP contribution in [0.2, 0.25) is 0 Å². The van der Waals surface area contributed by atoms with Crippen LogP contribution in [0.15, 0.2) is 39.6 Å². The summed E-state index contributed by atoms with van der Waals surface area (Å²) in [6, 6.07) is 10.1. The van der Waals surface area contributed by atoms with Crippen molar-refractivity contribution in [1.82, 2.24) is 9.55 Å². The van der Waals surface area contributed by atoms with Gasteiger partial charge in [0.25, 0.3) is 0 Å². The molecule has 1 heterocycles. The minimum absolute atomic E-state index is 0.126. The van der Waals surface area contributed by atoms with E-state index in [0.717, 1.165) is 57.6 Å². The SMILES string of the molecule is CCCCCCCCCCCCOc1cc(Cn2c(=O)[nH]c3c(Br)cccc32)cc(OCCCCCCCCCCCC)c1OCCCCCCCCCCCC. The van der Waals surface area contributed by atoms with Crippen LogP contribution in [0.25, 0.3) is 11.0 Å². The average molecular weight is 856 g/mol. The lowest BCUT2D eigenvalue weighted by atomic mass is 10.1. The van der Waals surface area contributed by atoms with E-state index in [-0.39, 0.29) is 5.69 Å². The molecule has 0 unspecified atom stereocenters. The largest absolute Gasteiger partial charge is 0.490 e. The Morgan fingerprint density at radius 3 is 1.28 bits per heavy atom. The van der Waals surface area contributed by atoms with Gasteiger partial charge >= 0.3 is 5.69 Å². The van der Waals surface area contributed by atoms with Gasteiger partial charge in [-0.3, -0.25) is 4.57 Å². The van der Waals surface area contributed by atoms with Crippen LogP contribution in [-0.4, -0.2) is 29.4 Å². The van der Waals surface area contributed by atoms with Crippen LogP contribution >= 0.6 is 15.9 Å². The maximum Gasteiger partial charge on any atom is 0.326 e. The molecule has 2 aromatic carbocycles. The second-order valence-electron chi connectivity index (χ2n) is 16.7. The van der Waals surface area contributed by atoms with E-state index >= 15 is 0 Å². The number of aromatic amines is 1. The first kappa shape index (κ1) is 49.0. The normalized spacial score (nSPS) is 11.5. The second-order valence-corrected chi connectivity index (χ2v) is 17.5. The fourth-order valence-corrected chi connectivity index (χ4v) is 8.33. The molecule has 0 radical (unpaired) electrons. The molecule has 0 saturated carbocycles. The molecule has 0 aliphatic heterocycles. The van der Waals surface area contributed by atoms with Gasteiger partial charge in [0.05, 0.1) is 37.4 Å². The lowest BCUT2D eigenvalue weighted by molar-refractivity contribution is 0.233. The third-order valence-electron chi connectivity index (χ3n) is 11.4. The van der Waals surface area contributed by atoms with Gasteiger partial charge in [-0.25, -0.2) is 4.79 Å². The number of nitrogens with one attached hydrogen (secondary N) is 1. The standard InChI is InChI=1S/C50H83BrN2O4/c1-4-7-10-13-16-19-22-25-28-31-37-55-46-40-43(42-53-45-36-34-35-44(51)48(45)52-50(53)54)41-47(56-38-32-29-26-23-20-17-14-11-8-5-2)49(46)57-39-33-30-27-24-21-18-15-12-9-6-3/h34-36,40-41H,4-33,37-39,42H2,1-3H3,(H,52,54). The molecule has 7 heteroatoms. The maximum atomic E-state index is 13.2. The molecule has 0 fully saturated rings. The molecule has 0 atom stereocenters. The summed E-state index contributed by atoms with van der Waals surface area (Å²) >= 11 is 3.62. The van der Waals surface area contributed by atoms with Crippen LogP contribution in [0, 0.1) is 0 Å². The van der Waals surface area contributed by atoms with Crippen molar-refractivity contribution in [1.29, 1.82) is 0 Å². The molecule has 3 aromatic rings. The smallest absolute Gasteiger partial charge is 0.326 e. The van der Waals surface area contributed by atoms with Crippen molar-refractivity contribution in [3.8, 4) is 17.2 Å². The van der Waals surface area contributed by atoms with Gasteiger partial charge in [0.1, 0.15) is 0 Å². The van der Waals surface area contributed by atoms with E-state index in [9.17, 15) is 4.79 Å². The summed E-state index contributed by atoms with van der Waals surface area (Å²) in [7, 11) is 0. The fourth-order valence-electron chi connectivity index (χ4n) is 7.87. The van der Waals surface area contributed by atoms with Gasteiger partial charge in [-0.05, 0) is 65.0 Å². The Hall–Kier alpha value is -2.41. The van der Waals surface area contributed by atoms with E-state index in [0.29, 0.717) is 26.4 Å². The first-order chi connectivity index (χ1) is 28.1. The van der Waals surface area contributed by atoms with E-state index < -0.39 is 0 Å². The van der Waals surface area contributed by atoms with E-state index in [4.69, 9.17) is 14.2 Å². The molecular weight excluding hydrogens is 772 g/mol. The van der Waals surface area contributed by atoms with E-state index in [2.05, 4.69) is 53.8 Å². The number of ether oxygens (including phenoxy) is 3. The number of fused-ring (bicyclic) bond motifs is 1. The van der Waals surface area contributed by atoms with E-state index in [1.165, 1.54) is 173 Å². The van der Waals surface area contributed by atoms with Gasteiger partial charge in [0, 0.05) is 4.47 Å². The molecule has 1 aromatic heterocycles. The molecule has 0 aliphatic rings. The molecule has 6 nitrogen and oxygen atoms in total. The maximum absolute atomic E-state index is 13.2. The predicted octanol–water partition coefficient (Wildman–Crippen LogP) is 16.0. The van der Waals surface area contributed by atoms with Crippen molar-refractivity contribution >= 4 is 27.0 Å². The van der Waals surface area contributed by atoms with Crippen LogP contribution < -0.4 is 19.9 Å². The number of rotatable bonds is 38. The van der Waals surface area contributed by atoms with E-state index in [1.54, 1.807) is 4.57 Å². The van der Waals surface area contributed by atoms with Crippen molar-refractivity contribution in [2.45, 2.75) is 220 Å². The van der Waals surface area contributed by atoms with Gasteiger partial charge in [-0.2, -0.15) is 0 Å². The monoisotopic (exact) mass is 855 g/mol. The van der Waals surface area contributed by atoms with Gasteiger partial charge in [-0.1, -0.05) is 200 Å². The molecule has 1 N–H and O–H groups in total. The first-order valence-corrected chi connectivity index (χ1v) is 24.8. The van der Waals surface area contributed by atoms with Crippen molar-refractivity contribution in [3.05, 3.63) is 50.9 Å². The highest BCUT2D eigenvalue weighted by Gasteiger charge is 2.18. The van der Waals surface area contributed by atoms with Crippen molar-refractivity contribution in [3.63, 3.8) is 0 Å². The van der Waals surface area contributed by atoms with Crippen LogP contribution in [0.3, 0.4) is 0 Å². The Kier molecular flexibility index (Phi) is 27.9. The molecule has 3 rings (SSSR count). The van der Waals surface area contributed by atoms with Crippen LogP contribution in [0.4, 0.5) is 0 Å². The topological polar surface area (TPSA) is 65.5 Å². The third kappa shape index (κ3) is 20.9. The minimum Gasteiger partial charge on any atom is -0.490 e. The summed E-state index contributed by atoms with van der Waals surface area (Å²) in [5, 5.41) is 0. The zero-order chi connectivity index (χ0) is 40.6. The summed E-state index contributed by atoms with van der Waals surface area (Å²) in [6.45, 7) is 9.20. The lowest BCUT2D eigenvalue weighted by Gasteiger charge is -2.19. The predicted molar refractivity (Wildman–Crippen MR) is 248 cm³/mol. The molecular formula is C50H83BrN2O4. The number of benzene rings is 2. The second kappa shape index (κ2) is 32.4. The molecule has 0 amide bonds. The number of aromatic nitrogens is 2. The number of hydrogen-bond acceptors (Lipinski definition) is 4. The highest BCUT2D eigenvalue weighted by Crippen LogP contribution is 2.40. The van der Waals surface area contributed by atoms with Crippen molar-refractivity contribution in [2.24, 2.45) is 0 Å². The lowest BCUT2D eigenvalue weighted by Crippen LogP contribution is -2.17. The van der Waals surface area contributed by atoms with Crippen molar-refractivity contribution in [2.75, 3.05) is 19.8 Å². The van der Waals surface area contributed by atoms with E-state index in [1.807, 2.05) is 18.2 Å². The molecule has 0 saturated heterocycles. The fraction of sp³-hybridized carbons (Fsp3) is 0.740. The number of unbranched alkanes of at least 4 members (excludes halogenated alkanes) is 27. The summed E-state index contributed by atoms with van der Waals surface area (Å²) in [4.78, 5) is 16.3. The highest BCUT2D eigenvalue weighted by molar-refractivity contribution is 9.10. The molecule has 0 bridgehead atoms. The summed E-state index contributed by atoms with van der Waals surface area (Å²) in [5.41, 5.74) is 2.53. The third-order valence-corrected chi connectivity index (χ3v) is 12.1. The number of para-hydroxylation sites is 1. The Bertz CT molecular complexity index is 1440. The number of hydrogen-bond donors (Lipinski definition) is 1. The quantitative estimate of drug-likeness (QED) is 0.0583. The van der Waals surface area contributed by atoms with Gasteiger partial charge in [0.15, 0.2) is 11.5 Å². The first-order valence-electron chi connectivity index (χ1n) is 24.0. The van der Waals surface area contributed by atoms with Gasteiger partial charge in [-0.15, -0.1) is 0 Å². The minimum atomic E-state index is -0.126. The number of nitrogens with zero attached hydrogens (tertiary/aromatic N) is 1. The Balaban J connectivity index is 1.67. The number of H-pyrrole nitrogens is 1. The number of halogens is 1. The zero-order valence-corrected chi connectivity index (χ0v) is 38.5. The highest BCUT2D eigenvalue weighted by atomic mass is 79.9.